The predicted molar refractivity (Wildman–Crippen MR) is 81.8 cm³/mol. The molecule has 4 atom stereocenters. The average Bonchev–Trinajstić information content (AvgIpc) is 3.09. The molecule has 7 heteroatoms. The van der Waals surface area contributed by atoms with Crippen LogP contribution in [0.15, 0.2) is 29.2 Å². The topological polar surface area (TPSA) is 89.3 Å². The van der Waals surface area contributed by atoms with Gasteiger partial charge in [-0.2, -0.15) is 0 Å². The van der Waals surface area contributed by atoms with Crippen LogP contribution in [0.4, 0.5) is 5.69 Å². The van der Waals surface area contributed by atoms with Gasteiger partial charge in [-0.1, -0.05) is 12.5 Å². The van der Waals surface area contributed by atoms with E-state index in [0.717, 1.165) is 18.4 Å². The number of non-ortho nitro benzene ring substituents is 1. The van der Waals surface area contributed by atoms with Gasteiger partial charge in [0.15, 0.2) is 0 Å². The monoisotopic (exact) mass is 324 g/mol. The van der Waals surface area contributed by atoms with Crippen molar-refractivity contribution in [3.63, 3.8) is 0 Å². The van der Waals surface area contributed by atoms with E-state index in [9.17, 15) is 18.5 Å². The van der Waals surface area contributed by atoms with Crippen LogP contribution in [0, 0.1) is 27.9 Å². The lowest BCUT2D eigenvalue weighted by molar-refractivity contribution is -0.385. The number of hydrogen-bond acceptors (Lipinski definition) is 4. The van der Waals surface area contributed by atoms with E-state index in [-0.39, 0.29) is 16.6 Å². The molecule has 0 heterocycles. The van der Waals surface area contributed by atoms with Gasteiger partial charge < -0.3 is 0 Å². The first-order chi connectivity index (χ1) is 10.4. The Morgan fingerprint density at radius 1 is 1.32 bits per heavy atom. The molecule has 2 aliphatic rings. The summed E-state index contributed by atoms with van der Waals surface area (Å²) in [6.07, 6.45) is 4.76. The molecule has 0 aliphatic heterocycles. The Morgan fingerprint density at radius 2 is 2.09 bits per heavy atom. The zero-order valence-electron chi connectivity index (χ0n) is 12.4. The zero-order valence-corrected chi connectivity index (χ0v) is 13.3. The molecule has 0 aromatic heterocycles. The molecule has 2 saturated carbocycles. The Labute approximate surface area is 130 Å². The fraction of sp³-hybridized carbons (Fsp3) is 0.600. The molecule has 6 nitrogen and oxygen atoms in total. The number of nitro benzene ring substituents is 1. The van der Waals surface area contributed by atoms with Crippen molar-refractivity contribution in [3.05, 3.63) is 34.4 Å². The van der Waals surface area contributed by atoms with Crippen LogP contribution in [0.2, 0.25) is 0 Å². The molecule has 4 unspecified atom stereocenters. The molecule has 22 heavy (non-hydrogen) atoms. The third kappa shape index (κ3) is 2.87. The summed E-state index contributed by atoms with van der Waals surface area (Å²) in [5.41, 5.74) is -0.213. The maximum absolute atomic E-state index is 12.4. The highest BCUT2D eigenvalue weighted by Gasteiger charge is 2.42. The Kier molecular flexibility index (Phi) is 3.94. The fourth-order valence-corrected chi connectivity index (χ4v) is 5.40. The van der Waals surface area contributed by atoms with Gasteiger partial charge in [-0.25, -0.2) is 13.1 Å². The highest BCUT2D eigenvalue weighted by atomic mass is 32.2. The lowest BCUT2D eigenvalue weighted by Crippen LogP contribution is -2.40. The van der Waals surface area contributed by atoms with Gasteiger partial charge in [0.2, 0.25) is 10.0 Å². The van der Waals surface area contributed by atoms with E-state index in [1.165, 1.54) is 37.5 Å². The second-order valence-electron chi connectivity index (χ2n) is 6.50. The summed E-state index contributed by atoms with van der Waals surface area (Å²) in [5, 5.41) is 10.8. The summed E-state index contributed by atoms with van der Waals surface area (Å²) in [6.45, 7) is 1.90. The van der Waals surface area contributed by atoms with E-state index in [2.05, 4.69) is 4.72 Å². The van der Waals surface area contributed by atoms with Gasteiger partial charge >= 0.3 is 0 Å². The van der Waals surface area contributed by atoms with Gasteiger partial charge in [-0.3, -0.25) is 10.1 Å². The highest BCUT2D eigenvalue weighted by molar-refractivity contribution is 7.89. The van der Waals surface area contributed by atoms with Gasteiger partial charge in [0, 0.05) is 18.2 Å². The lowest BCUT2D eigenvalue weighted by Gasteiger charge is -2.28. The zero-order chi connectivity index (χ0) is 15.9. The van der Waals surface area contributed by atoms with Crippen LogP contribution in [0.5, 0.6) is 0 Å². The van der Waals surface area contributed by atoms with Gasteiger partial charge in [0.05, 0.1) is 9.82 Å². The third-order valence-corrected chi connectivity index (χ3v) is 6.67. The Morgan fingerprint density at radius 3 is 2.68 bits per heavy atom. The van der Waals surface area contributed by atoms with Gasteiger partial charge in [-0.05, 0) is 50.0 Å². The molecule has 1 N–H and O–H groups in total. The molecule has 120 valence electrons. The fourth-order valence-electron chi connectivity index (χ4n) is 4.07. The summed E-state index contributed by atoms with van der Waals surface area (Å²) in [5.74, 6) is 1.75. The maximum atomic E-state index is 12.4. The number of sulfonamides is 1. The SMILES string of the molecule is CC(NS(=O)(=O)c1cccc([N+](=O)[O-])c1)C1CC2CCC1C2. The molecule has 0 spiro atoms. The third-order valence-electron chi connectivity index (χ3n) is 5.11. The second-order valence-corrected chi connectivity index (χ2v) is 8.22. The average molecular weight is 324 g/mol. The smallest absolute Gasteiger partial charge is 0.258 e. The van der Waals surface area contributed by atoms with Crippen molar-refractivity contribution in [2.24, 2.45) is 17.8 Å². The maximum Gasteiger partial charge on any atom is 0.270 e. The predicted octanol–water partition coefficient (Wildman–Crippen LogP) is 2.70. The van der Waals surface area contributed by atoms with Gasteiger partial charge in [-0.15, -0.1) is 0 Å². The van der Waals surface area contributed by atoms with Crippen LogP contribution in [0.3, 0.4) is 0 Å². The number of nitro groups is 1. The van der Waals surface area contributed by atoms with Gasteiger partial charge in [0.1, 0.15) is 0 Å². The van der Waals surface area contributed by atoms with Crippen molar-refractivity contribution >= 4 is 15.7 Å². The number of hydrogen-bond donors (Lipinski definition) is 1. The van der Waals surface area contributed by atoms with E-state index in [4.69, 9.17) is 0 Å². The van der Waals surface area contributed by atoms with E-state index in [1.807, 2.05) is 6.92 Å². The summed E-state index contributed by atoms with van der Waals surface area (Å²) < 4.78 is 27.6. The van der Waals surface area contributed by atoms with Gasteiger partial charge in [0.25, 0.3) is 5.69 Å². The first-order valence-electron chi connectivity index (χ1n) is 7.63. The van der Waals surface area contributed by atoms with Crippen LogP contribution in [0.1, 0.15) is 32.6 Å². The molecule has 2 bridgehead atoms. The largest absolute Gasteiger partial charge is 0.270 e. The standard InChI is InChI=1S/C15H20N2O4S/c1-10(15-8-11-5-6-12(15)7-11)16-22(20,21)14-4-2-3-13(9-14)17(18)19/h2-4,9-12,15-16H,5-8H2,1H3. The summed E-state index contributed by atoms with van der Waals surface area (Å²) in [4.78, 5) is 10.2. The molecule has 2 aliphatic carbocycles. The Hall–Kier alpha value is -1.47. The van der Waals surface area contributed by atoms with E-state index >= 15 is 0 Å². The molecular formula is C15H20N2O4S. The molecule has 1 aromatic rings. The minimum atomic E-state index is -3.72. The molecule has 0 amide bonds. The van der Waals surface area contributed by atoms with Crippen LogP contribution in [0.25, 0.3) is 0 Å². The summed E-state index contributed by atoms with van der Waals surface area (Å²) in [7, 11) is -3.72. The number of benzene rings is 1. The van der Waals surface area contributed by atoms with Crippen LogP contribution < -0.4 is 4.72 Å². The van der Waals surface area contributed by atoms with Crippen molar-refractivity contribution in [1.82, 2.24) is 4.72 Å². The van der Waals surface area contributed by atoms with E-state index < -0.39 is 14.9 Å². The van der Waals surface area contributed by atoms with Crippen LogP contribution >= 0.6 is 0 Å². The van der Waals surface area contributed by atoms with Crippen molar-refractivity contribution in [2.75, 3.05) is 0 Å². The summed E-state index contributed by atoms with van der Waals surface area (Å²) in [6, 6.07) is 5.05. The number of nitrogens with one attached hydrogen (secondary N) is 1. The summed E-state index contributed by atoms with van der Waals surface area (Å²) >= 11 is 0. The van der Waals surface area contributed by atoms with Crippen LogP contribution in [-0.4, -0.2) is 19.4 Å². The highest BCUT2D eigenvalue weighted by Crippen LogP contribution is 2.49. The van der Waals surface area contributed by atoms with Crippen molar-refractivity contribution < 1.29 is 13.3 Å². The van der Waals surface area contributed by atoms with E-state index in [1.54, 1.807) is 0 Å². The molecule has 0 radical (unpaired) electrons. The van der Waals surface area contributed by atoms with Crippen molar-refractivity contribution in [3.8, 4) is 0 Å². The van der Waals surface area contributed by atoms with Crippen molar-refractivity contribution in [1.29, 1.82) is 0 Å². The molecule has 3 rings (SSSR count). The second kappa shape index (κ2) is 5.62. The number of nitrogens with zero attached hydrogens (tertiary/aromatic N) is 1. The number of rotatable bonds is 5. The van der Waals surface area contributed by atoms with E-state index in [0.29, 0.717) is 11.8 Å². The molecular weight excluding hydrogens is 304 g/mol. The van der Waals surface area contributed by atoms with Crippen molar-refractivity contribution in [2.45, 2.75) is 43.5 Å². The first-order valence-corrected chi connectivity index (χ1v) is 9.12. The van der Waals surface area contributed by atoms with Crippen LogP contribution in [-0.2, 0) is 10.0 Å². The molecule has 1 aromatic carbocycles. The number of fused-ring (bicyclic) bond motifs is 2. The minimum Gasteiger partial charge on any atom is -0.258 e. The lowest BCUT2D eigenvalue weighted by atomic mass is 9.84. The Bertz CT molecular complexity index is 689. The normalized spacial score (nSPS) is 28.7. The molecule has 2 fully saturated rings. The Balaban J connectivity index is 1.76. The molecule has 0 saturated heterocycles. The first kappa shape index (κ1) is 15.4. The quantitative estimate of drug-likeness (QED) is 0.666. The minimum absolute atomic E-state index is 0.0447.